The zero-order valence-electron chi connectivity index (χ0n) is 9.31. The van der Waals surface area contributed by atoms with Gasteiger partial charge in [-0.1, -0.05) is 0 Å². The molecule has 3 rings (SSSR count). The van der Waals surface area contributed by atoms with Crippen molar-refractivity contribution in [1.82, 2.24) is 9.55 Å². The van der Waals surface area contributed by atoms with E-state index in [0.29, 0.717) is 0 Å². The van der Waals surface area contributed by atoms with E-state index in [1.165, 1.54) is 0 Å². The summed E-state index contributed by atoms with van der Waals surface area (Å²) in [4.78, 5) is 16.2. The molecular formula is C13H14N2O. The minimum Gasteiger partial charge on any atom is -0.331 e. The molecule has 0 unspecified atom stereocenters. The lowest BCUT2D eigenvalue weighted by atomic mass is 10.1. The second kappa shape index (κ2) is 3.44. The van der Waals surface area contributed by atoms with E-state index in [9.17, 15) is 4.79 Å². The molecular weight excluding hydrogens is 200 g/mol. The Bertz CT molecular complexity index is 552. The van der Waals surface area contributed by atoms with Gasteiger partial charge in [0.15, 0.2) is 5.78 Å². The van der Waals surface area contributed by atoms with Crippen molar-refractivity contribution in [3.05, 3.63) is 30.1 Å². The molecule has 3 nitrogen and oxygen atoms in total. The van der Waals surface area contributed by atoms with Crippen LogP contribution in [0.1, 0.15) is 30.1 Å². The molecule has 1 aromatic heterocycles. The van der Waals surface area contributed by atoms with Crippen molar-refractivity contribution >= 4 is 16.8 Å². The Morgan fingerprint density at radius 1 is 1.50 bits per heavy atom. The first-order valence-corrected chi connectivity index (χ1v) is 5.78. The summed E-state index contributed by atoms with van der Waals surface area (Å²) in [6.07, 6.45) is 3.94. The maximum Gasteiger partial charge on any atom is 0.166 e. The highest BCUT2D eigenvalue weighted by Gasteiger charge is 2.30. The fraction of sp³-hybridized carbons (Fsp3) is 0.385. The number of carbonyl (C=O) groups excluding carboxylic acids is 1. The van der Waals surface area contributed by atoms with Crippen LogP contribution in [0.3, 0.4) is 0 Å². The third kappa shape index (κ3) is 1.43. The Balaban J connectivity index is 2.05. The number of fused-ring (bicyclic) bond motifs is 1. The van der Waals surface area contributed by atoms with Crippen LogP contribution in [-0.4, -0.2) is 15.3 Å². The lowest BCUT2D eigenvalue weighted by Gasteiger charge is -2.01. The first-order chi connectivity index (χ1) is 7.79. The summed E-state index contributed by atoms with van der Waals surface area (Å²) in [5, 5.41) is 0. The summed E-state index contributed by atoms with van der Waals surface area (Å²) in [5.41, 5.74) is 2.85. The van der Waals surface area contributed by atoms with Crippen molar-refractivity contribution in [2.75, 3.05) is 0 Å². The molecule has 0 N–H and O–H groups in total. The highest BCUT2D eigenvalue weighted by atomic mass is 16.1. The minimum atomic E-state index is 0.283. The first-order valence-electron chi connectivity index (χ1n) is 5.78. The maximum absolute atomic E-state index is 11.9. The summed E-state index contributed by atoms with van der Waals surface area (Å²) in [7, 11) is 0. The van der Waals surface area contributed by atoms with Gasteiger partial charge in [0.05, 0.1) is 17.4 Å². The van der Waals surface area contributed by atoms with Gasteiger partial charge in [-0.2, -0.15) is 0 Å². The quantitative estimate of drug-likeness (QED) is 0.736. The highest BCUT2D eigenvalue weighted by molar-refractivity contribution is 6.01. The van der Waals surface area contributed by atoms with Gasteiger partial charge in [0, 0.05) is 18.0 Å². The van der Waals surface area contributed by atoms with Crippen LogP contribution in [0, 0.1) is 5.92 Å². The number of aryl methyl sites for hydroxylation is 1. The molecule has 1 saturated carbocycles. The van der Waals surface area contributed by atoms with Gasteiger partial charge in [-0.3, -0.25) is 4.79 Å². The minimum absolute atomic E-state index is 0.283. The molecule has 0 spiro atoms. The zero-order chi connectivity index (χ0) is 11.1. The Morgan fingerprint density at radius 3 is 3.00 bits per heavy atom. The Hall–Kier alpha value is -1.64. The number of carbonyl (C=O) groups is 1. The zero-order valence-corrected chi connectivity index (χ0v) is 9.31. The van der Waals surface area contributed by atoms with Crippen molar-refractivity contribution in [3.63, 3.8) is 0 Å². The van der Waals surface area contributed by atoms with Gasteiger partial charge in [-0.25, -0.2) is 4.98 Å². The molecule has 2 aromatic rings. The van der Waals surface area contributed by atoms with Crippen LogP contribution in [0.5, 0.6) is 0 Å². The number of Topliss-reactive ketones (excluding diaryl/α,β-unsaturated/α-hetero) is 1. The number of nitrogens with zero attached hydrogens (tertiary/aromatic N) is 2. The topological polar surface area (TPSA) is 34.9 Å². The molecule has 0 saturated heterocycles. The van der Waals surface area contributed by atoms with E-state index in [4.69, 9.17) is 0 Å². The summed E-state index contributed by atoms with van der Waals surface area (Å²) in [6, 6.07) is 5.85. The number of aromatic nitrogens is 2. The lowest BCUT2D eigenvalue weighted by molar-refractivity contribution is 0.0968. The Morgan fingerprint density at radius 2 is 2.31 bits per heavy atom. The third-order valence-corrected chi connectivity index (χ3v) is 3.19. The number of benzene rings is 1. The first kappa shape index (κ1) is 9.58. The van der Waals surface area contributed by atoms with E-state index in [2.05, 4.69) is 16.5 Å². The van der Waals surface area contributed by atoms with Crippen LogP contribution in [0.25, 0.3) is 11.0 Å². The number of ketones is 1. The van der Waals surface area contributed by atoms with Crippen molar-refractivity contribution in [1.29, 1.82) is 0 Å². The molecule has 0 bridgehead atoms. The molecule has 1 fully saturated rings. The van der Waals surface area contributed by atoms with Gasteiger partial charge in [0.1, 0.15) is 0 Å². The van der Waals surface area contributed by atoms with E-state index in [1.54, 1.807) is 0 Å². The number of hydrogen-bond donors (Lipinski definition) is 0. The molecule has 82 valence electrons. The van der Waals surface area contributed by atoms with Crippen LogP contribution >= 0.6 is 0 Å². The van der Waals surface area contributed by atoms with Crippen LogP contribution in [-0.2, 0) is 6.54 Å². The average Bonchev–Trinajstić information content (AvgIpc) is 3.08. The van der Waals surface area contributed by atoms with Crippen molar-refractivity contribution in [2.45, 2.75) is 26.3 Å². The highest BCUT2D eigenvalue weighted by Crippen LogP contribution is 2.33. The van der Waals surface area contributed by atoms with Crippen LogP contribution < -0.4 is 0 Å². The van der Waals surface area contributed by atoms with Crippen molar-refractivity contribution in [2.24, 2.45) is 5.92 Å². The monoisotopic (exact) mass is 214 g/mol. The average molecular weight is 214 g/mol. The predicted molar refractivity (Wildman–Crippen MR) is 62.5 cm³/mol. The largest absolute Gasteiger partial charge is 0.331 e. The number of imidazole rings is 1. The molecule has 0 aliphatic heterocycles. The van der Waals surface area contributed by atoms with Gasteiger partial charge < -0.3 is 4.57 Å². The van der Waals surface area contributed by atoms with E-state index >= 15 is 0 Å². The van der Waals surface area contributed by atoms with Crippen LogP contribution in [0.15, 0.2) is 24.5 Å². The summed E-state index contributed by atoms with van der Waals surface area (Å²) < 4.78 is 2.08. The smallest absolute Gasteiger partial charge is 0.166 e. The fourth-order valence-electron chi connectivity index (χ4n) is 2.05. The normalized spacial score (nSPS) is 15.6. The molecule has 0 amide bonds. The van der Waals surface area contributed by atoms with Crippen LogP contribution in [0.2, 0.25) is 0 Å². The van der Waals surface area contributed by atoms with Crippen molar-refractivity contribution < 1.29 is 4.79 Å². The van der Waals surface area contributed by atoms with Crippen molar-refractivity contribution in [3.8, 4) is 0 Å². The van der Waals surface area contributed by atoms with Gasteiger partial charge in [0.25, 0.3) is 0 Å². The van der Waals surface area contributed by atoms with Crippen LogP contribution in [0.4, 0.5) is 0 Å². The second-order valence-corrected chi connectivity index (χ2v) is 4.37. The Kier molecular flexibility index (Phi) is 2.06. The summed E-state index contributed by atoms with van der Waals surface area (Å²) in [6.45, 7) is 3.00. The van der Waals surface area contributed by atoms with Gasteiger partial charge in [-0.15, -0.1) is 0 Å². The second-order valence-electron chi connectivity index (χ2n) is 4.37. The van der Waals surface area contributed by atoms with Gasteiger partial charge >= 0.3 is 0 Å². The summed E-state index contributed by atoms with van der Waals surface area (Å²) in [5.74, 6) is 0.568. The third-order valence-electron chi connectivity index (χ3n) is 3.19. The van der Waals surface area contributed by atoms with Gasteiger partial charge in [-0.05, 0) is 38.0 Å². The molecule has 1 aromatic carbocycles. The maximum atomic E-state index is 11.9. The molecule has 0 atom stereocenters. The van der Waals surface area contributed by atoms with E-state index in [1.807, 2.05) is 24.5 Å². The fourth-order valence-corrected chi connectivity index (χ4v) is 2.05. The molecule has 16 heavy (non-hydrogen) atoms. The standard InChI is InChI=1S/C13H14N2O/c1-2-15-8-14-11-7-10(5-6-12(11)15)13(16)9-3-4-9/h5-9H,2-4H2,1H3. The summed E-state index contributed by atoms with van der Waals surface area (Å²) >= 11 is 0. The van der Waals surface area contributed by atoms with Gasteiger partial charge in [0.2, 0.25) is 0 Å². The van der Waals surface area contributed by atoms with E-state index < -0.39 is 0 Å². The number of hydrogen-bond acceptors (Lipinski definition) is 2. The molecule has 0 radical (unpaired) electrons. The molecule has 1 aliphatic rings. The molecule has 1 heterocycles. The lowest BCUT2D eigenvalue weighted by Crippen LogP contribution is -2.01. The Labute approximate surface area is 94.1 Å². The number of rotatable bonds is 3. The van der Waals surface area contributed by atoms with E-state index in [0.717, 1.165) is 36.0 Å². The molecule has 1 aliphatic carbocycles. The molecule has 3 heteroatoms. The van der Waals surface area contributed by atoms with E-state index in [-0.39, 0.29) is 11.7 Å². The predicted octanol–water partition coefficient (Wildman–Crippen LogP) is 2.65. The SMILES string of the molecule is CCn1cnc2cc(C(=O)C3CC3)ccc21.